The molecule has 124 valence electrons. The van der Waals surface area contributed by atoms with Crippen molar-refractivity contribution in [3.05, 3.63) is 36.0 Å². The summed E-state index contributed by atoms with van der Waals surface area (Å²) >= 11 is 0. The fraction of sp³-hybridized carbons (Fsp3) is 0.438. The summed E-state index contributed by atoms with van der Waals surface area (Å²) in [6.07, 6.45) is 1.41. The van der Waals surface area contributed by atoms with Gasteiger partial charge in [0.05, 0.1) is 12.6 Å². The molecule has 0 saturated heterocycles. The van der Waals surface area contributed by atoms with Crippen molar-refractivity contribution >= 4 is 5.91 Å². The van der Waals surface area contributed by atoms with Gasteiger partial charge in [0, 0.05) is 25.5 Å². The van der Waals surface area contributed by atoms with Crippen molar-refractivity contribution in [1.82, 2.24) is 15.0 Å². The third-order valence-electron chi connectivity index (χ3n) is 3.67. The fourth-order valence-corrected chi connectivity index (χ4v) is 2.01. The number of rotatable bonds is 7. The molecule has 2 rings (SSSR count). The van der Waals surface area contributed by atoms with Crippen LogP contribution >= 0.6 is 0 Å². The Morgan fingerprint density at radius 3 is 2.74 bits per heavy atom. The average Bonchev–Trinajstić information content (AvgIpc) is 3.02. The normalized spacial score (nSPS) is 12.2. The smallest absolute Gasteiger partial charge is 0.226 e. The summed E-state index contributed by atoms with van der Waals surface area (Å²) in [5, 5.41) is 12.9. The molecule has 0 radical (unpaired) electrons. The summed E-state index contributed by atoms with van der Waals surface area (Å²) in [5.74, 6) is 0.481. The highest BCUT2D eigenvalue weighted by molar-refractivity contribution is 5.76. The zero-order valence-corrected chi connectivity index (χ0v) is 13.2. The number of amides is 1. The van der Waals surface area contributed by atoms with Crippen LogP contribution in [0.15, 0.2) is 28.8 Å². The number of carbonyl (C=O) groups is 1. The van der Waals surface area contributed by atoms with E-state index in [9.17, 15) is 9.18 Å². The summed E-state index contributed by atoms with van der Waals surface area (Å²) in [6, 6.07) is 5.64. The molecule has 0 aliphatic rings. The van der Waals surface area contributed by atoms with Crippen LogP contribution in [0.5, 0.6) is 0 Å². The third kappa shape index (κ3) is 4.59. The van der Waals surface area contributed by atoms with E-state index in [0.717, 1.165) is 0 Å². The standard InChI is InChI=1S/C16H20FN3O3/c1-11(10-21)20(2)15(22)5-3-4-14-18-16(19-23-14)12-6-8-13(17)9-7-12/h6-9,11,21H,3-5,10H2,1-2H3. The van der Waals surface area contributed by atoms with E-state index in [-0.39, 0.29) is 24.4 Å². The number of nitrogens with zero attached hydrogens (tertiary/aromatic N) is 3. The maximum atomic E-state index is 12.9. The molecule has 1 unspecified atom stereocenters. The molecular formula is C16H20FN3O3. The van der Waals surface area contributed by atoms with Gasteiger partial charge in [-0.2, -0.15) is 4.98 Å². The Morgan fingerprint density at radius 2 is 2.09 bits per heavy atom. The van der Waals surface area contributed by atoms with Crippen LogP contribution in [0.2, 0.25) is 0 Å². The van der Waals surface area contributed by atoms with E-state index in [0.29, 0.717) is 36.5 Å². The Labute approximate surface area is 133 Å². The van der Waals surface area contributed by atoms with Crippen LogP contribution in [0.4, 0.5) is 4.39 Å². The van der Waals surface area contributed by atoms with Crippen molar-refractivity contribution in [2.75, 3.05) is 13.7 Å². The molecular weight excluding hydrogens is 301 g/mol. The van der Waals surface area contributed by atoms with Crippen LogP contribution in [0.3, 0.4) is 0 Å². The maximum absolute atomic E-state index is 12.9. The van der Waals surface area contributed by atoms with Crippen LogP contribution in [-0.2, 0) is 11.2 Å². The number of aromatic nitrogens is 2. The van der Waals surface area contributed by atoms with E-state index >= 15 is 0 Å². The SMILES string of the molecule is CC(CO)N(C)C(=O)CCCc1nc(-c2ccc(F)cc2)no1. The highest BCUT2D eigenvalue weighted by Crippen LogP contribution is 2.17. The number of aryl methyl sites for hydroxylation is 1. The third-order valence-corrected chi connectivity index (χ3v) is 3.67. The van der Waals surface area contributed by atoms with Crippen molar-refractivity contribution < 1.29 is 18.8 Å². The predicted octanol–water partition coefficient (Wildman–Crippen LogP) is 2.04. The highest BCUT2D eigenvalue weighted by Gasteiger charge is 2.15. The number of aliphatic hydroxyl groups excluding tert-OH is 1. The minimum absolute atomic E-state index is 0.0372. The second kappa shape index (κ2) is 7.82. The lowest BCUT2D eigenvalue weighted by Gasteiger charge is -2.22. The van der Waals surface area contributed by atoms with Crippen molar-refractivity contribution in [2.45, 2.75) is 32.2 Å². The molecule has 23 heavy (non-hydrogen) atoms. The first kappa shape index (κ1) is 17.1. The Balaban J connectivity index is 1.85. The molecule has 0 spiro atoms. The van der Waals surface area contributed by atoms with E-state index in [2.05, 4.69) is 10.1 Å². The van der Waals surface area contributed by atoms with Gasteiger partial charge in [-0.3, -0.25) is 4.79 Å². The first-order chi connectivity index (χ1) is 11.0. The van der Waals surface area contributed by atoms with Crippen LogP contribution < -0.4 is 0 Å². The molecule has 1 N–H and O–H groups in total. The summed E-state index contributed by atoms with van der Waals surface area (Å²) in [5.41, 5.74) is 0.675. The van der Waals surface area contributed by atoms with Gasteiger partial charge in [0.2, 0.25) is 17.6 Å². The number of hydrogen-bond acceptors (Lipinski definition) is 5. The van der Waals surface area contributed by atoms with E-state index in [1.807, 2.05) is 0 Å². The van der Waals surface area contributed by atoms with E-state index in [1.54, 1.807) is 26.1 Å². The summed E-state index contributed by atoms with van der Waals surface area (Å²) in [6.45, 7) is 1.72. The van der Waals surface area contributed by atoms with Gasteiger partial charge in [-0.1, -0.05) is 5.16 Å². The Hall–Kier alpha value is -2.28. The number of halogens is 1. The van der Waals surface area contributed by atoms with E-state index in [1.165, 1.54) is 17.0 Å². The van der Waals surface area contributed by atoms with Crippen molar-refractivity contribution in [1.29, 1.82) is 0 Å². The largest absolute Gasteiger partial charge is 0.394 e. The molecule has 0 saturated carbocycles. The lowest BCUT2D eigenvalue weighted by molar-refractivity contribution is -0.132. The summed E-state index contributed by atoms with van der Waals surface area (Å²) < 4.78 is 18.0. The molecule has 1 heterocycles. The average molecular weight is 321 g/mol. The Kier molecular flexibility index (Phi) is 5.81. The van der Waals surface area contributed by atoms with Gasteiger partial charge < -0.3 is 14.5 Å². The summed E-state index contributed by atoms with van der Waals surface area (Å²) in [4.78, 5) is 17.7. The predicted molar refractivity (Wildman–Crippen MR) is 81.9 cm³/mol. The van der Waals surface area contributed by atoms with E-state index in [4.69, 9.17) is 9.63 Å². The lowest BCUT2D eigenvalue weighted by atomic mass is 10.2. The lowest BCUT2D eigenvalue weighted by Crippen LogP contribution is -2.37. The van der Waals surface area contributed by atoms with Gasteiger partial charge in [-0.05, 0) is 37.6 Å². The van der Waals surface area contributed by atoms with Crippen LogP contribution in [0.1, 0.15) is 25.7 Å². The minimum Gasteiger partial charge on any atom is -0.394 e. The zero-order chi connectivity index (χ0) is 16.8. The summed E-state index contributed by atoms with van der Waals surface area (Å²) in [7, 11) is 1.67. The molecule has 2 aromatic rings. The fourth-order valence-electron chi connectivity index (χ4n) is 2.01. The first-order valence-corrected chi connectivity index (χ1v) is 7.46. The van der Waals surface area contributed by atoms with Crippen molar-refractivity contribution in [3.63, 3.8) is 0 Å². The monoisotopic (exact) mass is 321 g/mol. The number of benzene rings is 1. The minimum atomic E-state index is -0.322. The van der Waals surface area contributed by atoms with Gasteiger partial charge in [0.15, 0.2) is 0 Å². The van der Waals surface area contributed by atoms with Gasteiger partial charge in [0.1, 0.15) is 5.82 Å². The topological polar surface area (TPSA) is 79.5 Å². The second-order valence-electron chi connectivity index (χ2n) is 5.41. The molecule has 6 nitrogen and oxygen atoms in total. The second-order valence-corrected chi connectivity index (χ2v) is 5.41. The van der Waals surface area contributed by atoms with Crippen molar-refractivity contribution in [3.8, 4) is 11.4 Å². The molecule has 7 heteroatoms. The van der Waals surface area contributed by atoms with Gasteiger partial charge in [-0.25, -0.2) is 4.39 Å². The molecule has 0 aliphatic carbocycles. The molecule has 1 aromatic heterocycles. The first-order valence-electron chi connectivity index (χ1n) is 7.46. The Morgan fingerprint density at radius 1 is 1.39 bits per heavy atom. The van der Waals surface area contributed by atoms with E-state index < -0.39 is 0 Å². The molecule has 0 fully saturated rings. The van der Waals surface area contributed by atoms with Crippen LogP contribution in [-0.4, -0.2) is 45.8 Å². The number of hydrogen-bond donors (Lipinski definition) is 1. The molecule has 0 bridgehead atoms. The van der Waals surface area contributed by atoms with Crippen LogP contribution in [0.25, 0.3) is 11.4 Å². The van der Waals surface area contributed by atoms with Gasteiger partial charge >= 0.3 is 0 Å². The van der Waals surface area contributed by atoms with Gasteiger partial charge in [0.25, 0.3) is 0 Å². The quantitative estimate of drug-likeness (QED) is 0.844. The number of aliphatic hydroxyl groups is 1. The highest BCUT2D eigenvalue weighted by atomic mass is 19.1. The van der Waals surface area contributed by atoms with Crippen LogP contribution in [0, 0.1) is 5.82 Å². The molecule has 1 aromatic carbocycles. The molecule has 1 atom stereocenters. The Bertz CT molecular complexity index is 642. The van der Waals surface area contributed by atoms with Gasteiger partial charge in [-0.15, -0.1) is 0 Å². The molecule has 1 amide bonds. The van der Waals surface area contributed by atoms with Crippen molar-refractivity contribution in [2.24, 2.45) is 0 Å². The maximum Gasteiger partial charge on any atom is 0.226 e. The number of carbonyl (C=O) groups excluding carboxylic acids is 1. The molecule has 0 aliphatic heterocycles. The zero-order valence-electron chi connectivity index (χ0n) is 13.2. The number of likely N-dealkylation sites (N-methyl/N-ethyl adjacent to an activating group) is 1.